The molecule has 0 radical (unpaired) electrons. The Morgan fingerprint density at radius 1 is 1.12 bits per heavy atom. The molecule has 1 amide bonds. The number of rotatable bonds is 6. The Labute approximate surface area is 193 Å². The van der Waals surface area contributed by atoms with Crippen LogP contribution in [-0.4, -0.2) is 54.6 Å². The van der Waals surface area contributed by atoms with Gasteiger partial charge in [0.15, 0.2) is 5.76 Å². The average molecular weight is 462 g/mol. The van der Waals surface area contributed by atoms with Crippen molar-refractivity contribution >= 4 is 29.6 Å². The van der Waals surface area contributed by atoms with Crippen LogP contribution in [-0.2, 0) is 11.3 Å². The standard InChI is InChI=1S/C22H22N8O4/c23-20-26-21(27-22-25-17(28-30(20)22)16-2-1-11-34-16)29-9-7-14(8-10-29)18(31)24-12-13-3-5-15(6-4-13)19(32)33/h1-6,11,14H,7-10,12H2,(H,24,31)(H,32,33)(H2,23,25,26,27,28). The molecule has 0 aliphatic carbocycles. The highest BCUT2D eigenvalue weighted by atomic mass is 16.4. The van der Waals surface area contributed by atoms with Crippen LogP contribution >= 0.6 is 0 Å². The largest absolute Gasteiger partial charge is 0.478 e. The van der Waals surface area contributed by atoms with E-state index in [1.54, 1.807) is 24.3 Å². The van der Waals surface area contributed by atoms with E-state index in [0.29, 0.717) is 55.8 Å². The zero-order valence-corrected chi connectivity index (χ0v) is 18.1. The van der Waals surface area contributed by atoms with Gasteiger partial charge < -0.3 is 25.5 Å². The number of carboxylic acid groups (broad SMARTS) is 1. The monoisotopic (exact) mass is 462 g/mol. The molecule has 1 aliphatic heterocycles. The van der Waals surface area contributed by atoms with Gasteiger partial charge in [-0.1, -0.05) is 12.1 Å². The Morgan fingerprint density at radius 2 is 1.88 bits per heavy atom. The summed E-state index contributed by atoms with van der Waals surface area (Å²) in [6, 6.07) is 9.95. The second-order valence-electron chi connectivity index (χ2n) is 7.99. The number of benzene rings is 1. The molecule has 4 aromatic rings. The van der Waals surface area contributed by atoms with E-state index in [-0.39, 0.29) is 23.3 Å². The number of amides is 1. The Morgan fingerprint density at radius 3 is 2.56 bits per heavy atom. The number of carbonyl (C=O) groups excluding carboxylic acids is 1. The van der Waals surface area contributed by atoms with Crippen molar-refractivity contribution in [1.29, 1.82) is 0 Å². The van der Waals surface area contributed by atoms with Crippen LogP contribution in [0.5, 0.6) is 0 Å². The van der Waals surface area contributed by atoms with Crippen molar-refractivity contribution in [1.82, 2.24) is 29.9 Å². The number of hydrogen-bond acceptors (Lipinski definition) is 9. The van der Waals surface area contributed by atoms with Crippen molar-refractivity contribution in [3.8, 4) is 11.6 Å². The molecule has 4 heterocycles. The van der Waals surface area contributed by atoms with Crippen molar-refractivity contribution in [3.05, 3.63) is 53.8 Å². The topological polar surface area (TPSA) is 165 Å². The molecule has 1 saturated heterocycles. The third-order valence-electron chi connectivity index (χ3n) is 5.78. The number of anilines is 2. The zero-order chi connectivity index (χ0) is 23.7. The third-order valence-corrected chi connectivity index (χ3v) is 5.78. The lowest BCUT2D eigenvalue weighted by Crippen LogP contribution is -2.41. The SMILES string of the molecule is Nc1nc(N2CCC(C(=O)NCc3ccc(C(=O)O)cc3)CC2)nc2nc(-c3ccco3)nn12. The van der Waals surface area contributed by atoms with Crippen LogP contribution < -0.4 is 16.0 Å². The lowest BCUT2D eigenvalue weighted by Gasteiger charge is -2.31. The fourth-order valence-corrected chi connectivity index (χ4v) is 3.89. The highest BCUT2D eigenvalue weighted by Gasteiger charge is 2.27. The second-order valence-corrected chi connectivity index (χ2v) is 7.99. The summed E-state index contributed by atoms with van der Waals surface area (Å²) in [6.45, 7) is 1.54. The highest BCUT2D eigenvalue weighted by molar-refractivity contribution is 5.87. The maximum Gasteiger partial charge on any atom is 0.335 e. The molecule has 12 nitrogen and oxygen atoms in total. The molecule has 0 unspecified atom stereocenters. The summed E-state index contributed by atoms with van der Waals surface area (Å²) in [7, 11) is 0. The molecule has 4 N–H and O–H groups in total. The molecular weight excluding hydrogens is 440 g/mol. The van der Waals surface area contributed by atoms with Gasteiger partial charge in [-0.15, -0.1) is 5.10 Å². The van der Waals surface area contributed by atoms with E-state index in [9.17, 15) is 9.59 Å². The number of aromatic carboxylic acids is 1. The molecule has 174 valence electrons. The van der Waals surface area contributed by atoms with E-state index in [0.717, 1.165) is 5.56 Å². The van der Waals surface area contributed by atoms with Gasteiger partial charge in [-0.2, -0.15) is 19.5 Å². The summed E-state index contributed by atoms with van der Waals surface area (Å²) in [4.78, 5) is 38.8. The second kappa shape index (κ2) is 8.81. The number of carboxylic acids is 1. The maximum absolute atomic E-state index is 12.6. The number of furan rings is 1. The van der Waals surface area contributed by atoms with Gasteiger partial charge in [0.1, 0.15) is 0 Å². The number of fused-ring (bicyclic) bond motifs is 1. The molecule has 34 heavy (non-hydrogen) atoms. The number of hydrogen-bond donors (Lipinski definition) is 3. The van der Waals surface area contributed by atoms with Gasteiger partial charge in [-0.3, -0.25) is 4.79 Å². The number of piperidine rings is 1. The molecule has 1 aliphatic rings. The lowest BCUT2D eigenvalue weighted by atomic mass is 9.96. The van der Waals surface area contributed by atoms with Crippen molar-refractivity contribution in [2.75, 3.05) is 23.7 Å². The van der Waals surface area contributed by atoms with Gasteiger partial charge in [0.05, 0.1) is 11.8 Å². The van der Waals surface area contributed by atoms with Gasteiger partial charge >= 0.3 is 5.97 Å². The fourth-order valence-electron chi connectivity index (χ4n) is 3.89. The van der Waals surface area contributed by atoms with Crippen molar-refractivity contribution in [2.45, 2.75) is 19.4 Å². The number of nitrogens with two attached hydrogens (primary N) is 1. The van der Waals surface area contributed by atoms with Crippen molar-refractivity contribution in [2.24, 2.45) is 5.92 Å². The number of nitrogen functional groups attached to an aromatic ring is 1. The van der Waals surface area contributed by atoms with E-state index in [1.807, 2.05) is 4.90 Å². The van der Waals surface area contributed by atoms with Crippen LogP contribution in [0.1, 0.15) is 28.8 Å². The summed E-state index contributed by atoms with van der Waals surface area (Å²) >= 11 is 0. The van der Waals surface area contributed by atoms with Crippen molar-refractivity contribution < 1.29 is 19.1 Å². The quantitative estimate of drug-likeness (QED) is 0.383. The molecule has 12 heteroatoms. The van der Waals surface area contributed by atoms with Gasteiger partial charge in [-0.05, 0) is 42.7 Å². The smallest absolute Gasteiger partial charge is 0.335 e. The first-order valence-electron chi connectivity index (χ1n) is 10.8. The van der Waals surface area contributed by atoms with E-state index < -0.39 is 5.97 Å². The van der Waals surface area contributed by atoms with E-state index >= 15 is 0 Å². The first kappa shape index (κ1) is 21.4. The minimum Gasteiger partial charge on any atom is -0.478 e. The Hall–Kier alpha value is -4.48. The Bertz CT molecular complexity index is 1330. The van der Waals surface area contributed by atoms with Gasteiger partial charge in [0.2, 0.25) is 23.6 Å². The average Bonchev–Trinajstić information content (AvgIpc) is 3.53. The van der Waals surface area contributed by atoms with Crippen LogP contribution in [0, 0.1) is 5.92 Å². The van der Waals surface area contributed by atoms with Crippen LogP contribution in [0.2, 0.25) is 0 Å². The highest BCUT2D eigenvalue weighted by Crippen LogP contribution is 2.23. The number of nitrogens with zero attached hydrogens (tertiary/aromatic N) is 6. The van der Waals surface area contributed by atoms with Gasteiger partial charge in [-0.25, -0.2) is 4.79 Å². The molecule has 5 rings (SSSR count). The molecule has 0 saturated carbocycles. The van der Waals surface area contributed by atoms with E-state index in [2.05, 4.69) is 25.4 Å². The molecule has 0 atom stereocenters. The normalized spacial score (nSPS) is 14.4. The lowest BCUT2D eigenvalue weighted by molar-refractivity contribution is -0.125. The third kappa shape index (κ3) is 4.25. The Kier molecular flexibility index (Phi) is 5.54. The number of nitrogens with one attached hydrogen (secondary N) is 1. The summed E-state index contributed by atoms with van der Waals surface area (Å²) in [5.74, 6) is 0.677. The molecule has 1 aromatic carbocycles. The molecule has 0 spiro atoms. The van der Waals surface area contributed by atoms with E-state index in [1.165, 1.54) is 22.9 Å². The molecular formula is C22H22N8O4. The van der Waals surface area contributed by atoms with Gasteiger partial charge in [0.25, 0.3) is 5.78 Å². The van der Waals surface area contributed by atoms with Crippen LogP contribution in [0.4, 0.5) is 11.9 Å². The molecule has 1 fully saturated rings. The minimum absolute atomic E-state index is 0.0293. The first-order chi connectivity index (χ1) is 16.5. The first-order valence-corrected chi connectivity index (χ1v) is 10.8. The number of carbonyl (C=O) groups is 2. The predicted octanol–water partition coefficient (Wildman–Crippen LogP) is 1.59. The zero-order valence-electron chi connectivity index (χ0n) is 18.1. The molecule has 3 aromatic heterocycles. The maximum atomic E-state index is 12.6. The van der Waals surface area contributed by atoms with Gasteiger partial charge in [0, 0.05) is 25.6 Å². The van der Waals surface area contributed by atoms with Crippen molar-refractivity contribution in [3.63, 3.8) is 0 Å². The van der Waals surface area contributed by atoms with Crippen LogP contribution in [0.25, 0.3) is 17.4 Å². The van der Waals surface area contributed by atoms with E-state index in [4.69, 9.17) is 15.3 Å². The summed E-state index contributed by atoms with van der Waals surface area (Å²) in [5, 5.41) is 16.2. The van der Waals surface area contributed by atoms with Crippen LogP contribution in [0.3, 0.4) is 0 Å². The Balaban J connectivity index is 1.20. The summed E-state index contributed by atoms with van der Waals surface area (Å²) < 4.78 is 6.70. The summed E-state index contributed by atoms with van der Waals surface area (Å²) in [6.07, 6.45) is 2.82. The summed E-state index contributed by atoms with van der Waals surface area (Å²) in [5.41, 5.74) is 7.14. The minimum atomic E-state index is -0.978. The molecule has 0 bridgehead atoms. The van der Waals surface area contributed by atoms with Crippen LogP contribution in [0.15, 0.2) is 47.1 Å². The number of aromatic nitrogens is 5. The predicted molar refractivity (Wildman–Crippen MR) is 121 cm³/mol. The fraction of sp³-hybridized carbons (Fsp3) is 0.273.